The van der Waals surface area contributed by atoms with Gasteiger partial charge in [0.25, 0.3) is 0 Å². The maximum absolute atomic E-state index is 12.9. The minimum atomic E-state index is -0.430. The summed E-state index contributed by atoms with van der Waals surface area (Å²) in [4.78, 5) is 17.3. The highest BCUT2D eigenvalue weighted by Crippen LogP contribution is 2.48. The molecule has 1 amide bonds. The van der Waals surface area contributed by atoms with E-state index < -0.39 is 5.41 Å². The Morgan fingerprint density at radius 2 is 2.17 bits per heavy atom. The van der Waals surface area contributed by atoms with Crippen LogP contribution in [-0.2, 0) is 14.9 Å². The maximum Gasteiger partial charge on any atom is 0.230 e. The van der Waals surface area contributed by atoms with Gasteiger partial charge in [0.05, 0.1) is 17.6 Å². The molecular formula is C23H29N3O3. The number of carbonyl (C=O) groups is 1. The number of aromatic nitrogens is 1. The monoisotopic (exact) mass is 395 g/mol. The average Bonchev–Trinajstić information content (AvgIpc) is 3.35. The zero-order chi connectivity index (χ0) is 20.3. The smallest absolute Gasteiger partial charge is 0.230 e. The molecular weight excluding hydrogens is 366 g/mol. The molecule has 154 valence electrons. The summed E-state index contributed by atoms with van der Waals surface area (Å²) < 4.78 is 11.4. The first-order valence-corrected chi connectivity index (χ1v) is 10.5. The van der Waals surface area contributed by atoms with E-state index in [1.165, 1.54) is 0 Å². The largest absolute Gasteiger partial charge is 0.491 e. The summed E-state index contributed by atoms with van der Waals surface area (Å²) in [7, 11) is 0. The second-order valence-electron chi connectivity index (χ2n) is 8.18. The van der Waals surface area contributed by atoms with Crippen LogP contribution in [0.4, 0.5) is 11.5 Å². The van der Waals surface area contributed by atoms with Gasteiger partial charge >= 0.3 is 0 Å². The van der Waals surface area contributed by atoms with Crippen molar-refractivity contribution in [2.75, 3.05) is 18.5 Å². The number of nitrogens with one attached hydrogen (secondary N) is 2. The van der Waals surface area contributed by atoms with Crippen LogP contribution in [0.5, 0.6) is 5.75 Å². The van der Waals surface area contributed by atoms with Gasteiger partial charge in [-0.1, -0.05) is 6.07 Å². The fourth-order valence-corrected chi connectivity index (χ4v) is 3.82. The standard InChI is InChI=1S/C23H29N3O3/c1-16(2)29-19-6-3-5-18(14-19)26-21-13-17(8-11-24-21)23(9-10-23)22(27)25-15-20-7-4-12-28-20/h3,5-6,8,11,13-14,16,20H,4,7,9-10,12,15H2,1-2H3,(H,24,26)(H,25,27). The molecule has 0 radical (unpaired) electrons. The van der Waals surface area contributed by atoms with Crippen molar-refractivity contribution in [2.24, 2.45) is 0 Å². The number of amides is 1. The van der Waals surface area contributed by atoms with E-state index in [-0.39, 0.29) is 18.1 Å². The molecule has 1 saturated heterocycles. The molecule has 0 bridgehead atoms. The molecule has 0 spiro atoms. The molecule has 2 heterocycles. The Bertz CT molecular complexity index is 858. The van der Waals surface area contributed by atoms with E-state index >= 15 is 0 Å². The maximum atomic E-state index is 12.9. The van der Waals surface area contributed by atoms with E-state index in [2.05, 4.69) is 15.6 Å². The van der Waals surface area contributed by atoms with Crippen molar-refractivity contribution in [1.29, 1.82) is 0 Å². The predicted octanol–water partition coefficient (Wildman–Crippen LogP) is 3.94. The topological polar surface area (TPSA) is 72.5 Å². The van der Waals surface area contributed by atoms with Gasteiger partial charge in [0.15, 0.2) is 0 Å². The van der Waals surface area contributed by atoms with Crippen LogP contribution >= 0.6 is 0 Å². The van der Waals surface area contributed by atoms with Gasteiger partial charge in [0, 0.05) is 31.1 Å². The zero-order valence-corrected chi connectivity index (χ0v) is 17.1. The first-order valence-electron chi connectivity index (χ1n) is 10.5. The van der Waals surface area contributed by atoms with Crippen LogP contribution in [0.2, 0.25) is 0 Å². The summed E-state index contributed by atoms with van der Waals surface area (Å²) >= 11 is 0. The van der Waals surface area contributed by atoms with Crippen LogP contribution in [-0.4, -0.2) is 36.3 Å². The highest BCUT2D eigenvalue weighted by atomic mass is 16.5. The van der Waals surface area contributed by atoms with Gasteiger partial charge < -0.3 is 20.1 Å². The number of benzene rings is 1. The van der Waals surface area contributed by atoms with Crippen LogP contribution in [0.25, 0.3) is 0 Å². The number of pyridine rings is 1. The molecule has 4 rings (SSSR count). The highest BCUT2D eigenvalue weighted by molar-refractivity contribution is 5.91. The first kappa shape index (κ1) is 19.7. The van der Waals surface area contributed by atoms with Gasteiger partial charge in [0.2, 0.25) is 5.91 Å². The number of carbonyl (C=O) groups excluding carboxylic acids is 1. The first-order chi connectivity index (χ1) is 14.0. The summed E-state index contributed by atoms with van der Waals surface area (Å²) in [5.74, 6) is 1.63. The summed E-state index contributed by atoms with van der Waals surface area (Å²) in [6.07, 6.45) is 5.88. The lowest BCUT2D eigenvalue weighted by Crippen LogP contribution is -2.39. The Balaban J connectivity index is 1.43. The normalized spacial score (nSPS) is 19.8. The summed E-state index contributed by atoms with van der Waals surface area (Å²) in [5.41, 5.74) is 1.48. The fourth-order valence-electron chi connectivity index (χ4n) is 3.82. The molecule has 2 fully saturated rings. The van der Waals surface area contributed by atoms with Crippen LogP contribution in [0.1, 0.15) is 45.1 Å². The van der Waals surface area contributed by atoms with E-state index in [1.807, 2.05) is 50.2 Å². The van der Waals surface area contributed by atoms with E-state index in [9.17, 15) is 4.79 Å². The Kier molecular flexibility index (Phi) is 5.72. The molecule has 1 aliphatic heterocycles. The summed E-state index contributed by atoms with van der Waals surface area (Å²) in [6, 6.07) is 11.7. The van der Waals surface area contributed by atoms with Gasteiger partial charge in [-0.3, -0.25) is 4.79 Å². The molecule has 1 aromatic carbocycles. The second-order valence-corrected chi connectivity index (χ2v) is 8.18. The van der Waals surface area contributed by atoms with Crippen LogP contribution < -0.4 is 15.4 Å². The molecule has 1 unspecified atom stereocenters. The lowest BCUT2D eigenvalue weighted by atomic mass is 9.95. The molecule has 2 aliphatic rings. The van der Waals surface area contributed by atoms with Gasteiger partial charge in [-0.05, 0) is 69.4 Å². The number of hydrogen-bond donors (Lipinski definition) is 2. The minimum absolute atomic E-state index is 0.0949. The Hall–Kier alpha value is -2.60. The minimum Gasteiger partial charge on any atom is -0.491 e. The van der Waals surface area contributed by atoms with E-state index in [1.54, 1.807) is 6.20 Å². The van der Waals surface area contributed by atoms with Crippen molar-refractivity contribution < 1.29 is 14.3 Å². The lowest BCUT2D eigenvalue weighted by molar-refractivity contribution is -0.124. The van der Waals surface area contributed by atoms with Crippen molar-refractivity contribution in [1.82, 2.24) is 10.3 Å². The molecule has 29 heavy (non-hydrogen) atoms. The van der Waals surface area contributed by atoms with Gasteiger partial charge in [-0.2, -0.15) is 0 Å². The van der Waals surface area contributed by atoms with Crippen LogP contribution in [0, 0.1) is 0 Å². The van der Waals surface area contributed by atoms with Crippen molar-refractivity contribution in [2.45, 2.75) is 57.2 Å². The van der Waals surface area contributed by atoms with Crippen LogP contribution in [0.15, 0.2) is 42.6 Å². The Labute approximate surface area is 172 Å². The van der Waals surface area contributed by atoms with E-state index in [0.29, 0.717) is 6.54 Å². The Morgan fingerprint density at radius 1 is 1.31 bits per heavy atom. The van der Waals surface area contributed by atoms with Crippen LogP contribution in [0.3, 0.4) is 0 Å². The molecule has 6 nitrogen and oxygen atoms in total. The van der Waals surface area contributed by atoms with Gasteiger partial charge in [-0.15, -0.1) is 0 Å². The fraction of sp³-hybridized carbons (Fsp3) is 0.478. The highest BCUT2D eigenvalue weighted by Gasteiger charge is 2.51. The zero-order valence-electron chi connectivity index (χ0n) is 17.1. The van der Waals surface area contributed by atoms with Crippen molar-refractivity contribution in [3.63, 3.8) is 0 Å². The molecule has 2 N–H and O–H groups in total. The number of ether oxygens (including phenoxy) is 2. The number of nitrogens with zero attached hydrogens (tertiary/aromatic N) is 1. The number of anilines is 2. The molecule has 1 aliphatic carbocycles. The third-order valence-electron chi connectivity index (χ3n) is 5.49. The second kappa shape index (κ2) is 8.41. The lowest BCUT2D eigenvalue weighted by Gasteiger charge is -2.18. The SMILES string of the molecule is CC(C)Oc1cccc(Nc2cc(C3(C(=O)NCC4CCCO4)CC3)ccn2)c1. The summed E-state index contributed by atoms with van der Waals surface area (Å²) in [5, 5.41) is 6.43. The van der Waals surface area contributed by atoms with Crippen molar-refractivity contribution in [3.05, 3.63) is 48.2 Å². The molecule has 1 aromatic heterocycles. The number of hydrogen-bond acceptors (Lipinski definition) is 5. The average molecular weight is 396 g/mol. The third kappa shape index (κ3) is 4.70. The van der Waals surface area contributed by atoms with Gasteiger partial charge in [-0.25, -0.2) is 4.98 Å². The van der Waals surface area contributed by atoms with E-state index in [0.717, 1.165) is 55.1 Å². The quantitative estimate of drug-likeness (QED) is 0.708. The van der Waals surface area contributed by atoms with E-state index in [4.69, 9.17) is 9.47 Å². The van der Waals surface area contributed by atoms with Gasteiger partial charge in [0.1, 0.15) is 11.6 Å². The molecule has 1 atom stereocenters. The van der Waals surface area contributed by atoms with Crippen molar-refractivity contribution in [3.8, 4) is 5.75 Å². The predicted molar refractivity (Wildman–Crippen MR) is 113 cm³/mol. The number of rotatable bonds is 8. The molecule has 1 saturated carbocycles. The molecule has 2 aromatic rings. The summed E-state index contributed by atoms with van der Waals surface area (Å²) in [6.45, 7) is 5.40. The third-order valence-corrected chi connectivity index (χ3v) is 5.49. The molecule has 6 heteroatoms. The Morgan fingerprint density at radius 3 is 2.90 bits per heavy atom. The van der Waals surface area contributed by atoms with Crippen molar-refractivity contribution >= 4 is 17.4 Å².